The Morgan fingerprint density at radius 2 is 2.07 bits per heavy atom. The van der Waals surface area contributed by atoms with Crippen LogP contribution in [0.3, 0.4) is 0 Å². The van der Waals surface area contributed by atoms with Gasteiger partial charge in [-0.05, 0) is 17.5 Å². The lowest BCUT2D eigenvalue weighted by atomic mass is 10.1. The van der Waals surface area contributed by atoms with Crippen LogP contribution in [-0.4, -0.2) is 17.8 Å². The second-order valence-electron chi connectivity index (χ2n) is 2.83. The second-order valence-corrected chi connectivity index (χ2v) is 2.83. The molecule has 2 rings (SSSR count). The summed E-state index contributed by atoms with van der Waals surface area (Å²) in [4.78, 5) is 8.99. The molecule has 74 valence electrons. The molecule has 1 aromatic rings. The highest BCUT2D eigenvalue weighted by Crippen LogP contribution is 2.17. The molecule has 0 bridgehead atoms. The van der Waals surface area contributed by atoms with Crippen molar-refractivity contribution in [1.82, 2.24) is 0 Å². The van der Waals surface area contributed by atoms with Crippen LogP contribution >= 0.6 is 0 Å². The highest BCUT2D eigenvalue weighted by molar-refractivity contribution is 5.67. The van der Waals surface area contributed by atoms with Crippen LogP contribution in [0.1, 0.15) is 11.1 Å². The topological polar surface area (TPSA) is 37.3 Å². The van der Waals surface area contributed by atoms with E-state index in [1.165, 1.54) is 11.1 Å². The smallest absolute Gasteiger partial charge is 0.335 e. The Bertz CT molecular complexity index is 345. The summed E-state index contributed by atoms with van der Waals surface area (Å²) in [5.41, 5.74) is 2.84. The second kappa shape index (κ2) is 5.17. The van der Waals surface area contributed by atoms with E-state index in [2.05, 4.69) is 36.4 Å². The molecular weight excluding hydrogens is 183 g/mol. The maximum Gasteiger partial charge on any atom is 0.335 e. The molecule has 0 aliphatic heterocycles. The van der Waals surface area contributed by atoms with Crippen LogP contribution < -0.4 is 0 Å². The van der Waals surface area contributed by atoms with Gasteiger partial charge in [-0.1, -0.05) is 36.4 Å². The van der Waals surface area contributed by atoms with Gasteiger partial charge in [-0.15, -0.1) is 0 Å². The van der Waals surface area contributed by atoms with Crippen LogP contribution in [0.15, 0.2) is 30.3 Å². The predicted molar refractivity (Wildman–Crippen MR) is 52.8 cm³/mol. The molecule has 0 unspecified atom stereocenters. The number of halogens is 1. The minimum absolute atomic E-state index is 1.12. The monoisotopic (exact) mass is 194 g/mol. The van der Waals surface area contributed by atoms with Gasteiger partial charge in [0.25, 0.3) is 0 Å². The van der Waals surface area contributed by atoms with Gasteiger partial charge in [0.1, 0.15) is 0 Å². The van der Waals surface area contributed by atoms with Crippen molar-refractivity contribution in [2.24, 2.45) is 0 Å². The highest BCUT2D eigenvalue weighted by Gasteiger charge is 2.00. The molecule has 1 aromatic carbocycles. The lowest BCUT2D eigenvalue weighted by Crippen LogP contribution is -1.93. The summed E-state index contributed by atoms with van der Waals surface area (Å²) in [6.45, 7) is -1.28. The van der Waals surface area contributed by atoms with Crippen molar-refractivity contribution in [2.75, 3.05) is 6.67 Å². The minimum atomic E-state index is -1.41. The molecule has 2 nitrogen and oxygen atoms in total. The van der Waals surface area contributed by atoms with Gasteiger partial charge < -0.3 is 5.11 Å². The summed E-state index contributed by atoms with van der Waals surface area (Å²) in [7, 11) is 0. The fourth-order valence-corrected chi connectivity index (χ4v) is 1.20. The first-order valence-electron chi connectivity index (χ1n) is 4.26. The Morgan fingerprint density at radius 1 is 1.43 bits per heavy atom. The number of aliphatic carboxylic acids is 1. The Morgan fingerprint density at radius 3 is 2.64 bits per heavy atom. The van der Waals surface area contributed by atoms with E-state index in [9.17, 15) is 4.39 Å². The largest absolute Gasteiger partial charge is 0.479 e. The summed E-state index contributed by atoms with van der Waals surface area (Å²) < 4.78 is 10.5. The number of carboxylic acid groups (broad SMARTS) is 1. The maximum atomic E-state index is 10.5. The average Bonchev–Trinajstić information content (AvgIpc) is 2.66. The molecule has 0 heterocycles. The Kier molecular flexibility index (Phi) is 3.85. The van der Waals surface area contributed by atoms with Gasteiger partial charge in [0.2, 0.25) is 0 Å². The lowest BCUT2D eigenvalue weighted by molar-refractivity contribution is -0.137. The van der Waals surface area contributed by atoms with Crippen molar-refractivity contribution in [2.45, 2.75) is 6.42 Å². The summed E-state index contributed by atoms with van der Waals surface area (Å²) in [5.74, 6) is -1.41. The van der Waals surface area contributed by atoms with Crippen molar-refractivity contribution in [3.05, 3.63) is 41.5 Å². The normalized spacial score (nSPS) is 11.5. The lowest BCUT2D eigenvalue weighted by Gasteiger charge is -1.93. The van der Waals surface area contributed by atoms with Gasteiger partial charge in [-0.3, -0.25) is 0 Å². The molecule has 0 atom stereocenters. The number of carboxylic acids is 1. The number of fused-ring (bicyclic) bond motifs is 1. The van der Waals surface area contributed by atoms with E-state index in [1.807, 2.05) is 0 Å². The molecule has 0 spiro atoms. The van der Waals surface area contributed by atoms with E-state index in [-0.39, 0.29) is 0 Å². The number of benzene rings is 1. The molecular formula is C11H11FO2. The van der Waals surface area contributed by atoms with E-state index in [1.54, 1.807) is 0 Å². The van der Waals surface area contributed by atoms with Crippen LogP contribution in [0.25, 0.3) is 6.08 Å². The number of hydrogen-bond acceptors (Lipinski definition) is 1. The quantitative estimate of drug-likeness (QED) is 0.744. The first kappa shape index (κ1) is 10.4. The fourth-order valence-electron chi connectivity index (χ4n) is 1.20. The van der Waals surface area contributed by atoms with Gasteiger partial charge in [-0.25, -0.2) is 9.18 Å². The zero-order chi connectivity index (χ0) is 10.4. The molecule has 1 aliphatic rings. The molecule has 1 N–H and O–H groups in total. The van der Waals surface area contributed by atoms with Crippen molar-refractivity contribution in [3.8, 4) is 0 Å². The number of alkyl halides is 1. The first-order valence-corrected chi connectivity index (χ1v) is 4.26. The number of hydrogen-bond donors (Lipinski definition) is 1. The van der Waals surface area contributed by atoms with E-state index < -0.39 is 12.6 Å². The Labute approximate surface area is 81.7 Å². The van der Waals surface area contributed by atoms with Gasteiger partial charge in [0.05, 0.1) is 0 Å². The van der Waals surface area contributed by atoms with Crippen molar-refractivity contribution >= 4 is 12.0 Å². The summed E-state index contributed by atoms with van der Waals surface area (Å²) in [6.07, 6.45) is 5.50. The highest BCUT2D eigenvalue weighted by atomic mass is 19.1. The Hall–Kier alpha value is -1.64. The van der Waals surface area contributed by atoms with Crippen LogP contribution in [0, 0.1) is 0 Å². The molecule has 3 heteroatoms. The molecule has 0 radical (unpaired) electrons. The summed E-state index contributed by atoms with van der Waals surface area (Å²) >= 11 is 0. The maximum absolute atomic E-state index is 10.5. The SMILES string of the molecule is C1=Cc2ccccc2C1.O=C(O)CF. The van der Waals surface area contributed by atoms with Crippen LogP contribution in [0.4, 0.5) is 4.39 Å². The molecule has 1 aliphatic carbocycles. The molecule has 0 aromatic heterocycles. The number of allylic oxidation sites excluding steroid dienone is 1. The van der Waals surface area contributed by atoms with Gasteiger partial charge in [0, 0.05) is 0 Å². The third-order valence-corrected chi connectivity index (χ3v) is 1.80. The van der Waals surface area contributed by atoms with Crippen molar-refractivity contribution in [1.29, 1.82) is 0 Å². The first-order chi connectivity index (χ1) is 6.74. The van der Waals surface area contributed by atoms with E-state index >= 15 is 0 Å². The average molecular weight is 194 g/mol. The standard InChI is InChI=1S/C9H8.C2H3FO2/c1-2-5-9-7-3-6-8(9)4-1;3-1-2(4)5/h1-6H,7H2;1H2,(H,4,5). The summed E-state index contributed by atoms with van der Waals surface area (Å²) in [5, 5.41) is 7.35. The molecule has 0 amide bonds. The fraction of sp³-hybridized carbons (Fsp3) is 0.182. The van der Waals surface area contributed by atoms with Crippen molar-refractivity contribution < 1.29 is 14.3 Å². The predicted octanol–water partition coefficient (Wildman–Crippen LogP) is 2.30. The molecule has 0 saturated carbocycles. The van der Waals surface area contributed by atoms with Crippen molar-refractivity contribution in [3.63, 3.8) is 0 Å². The molecule has 0 saturated heterocycles. The third kappa shape index (κ3) is 3.01. The molecule has 0 fully saturated rings. The van der Waals surface area contributed by atoms with Gasteiger partial charge in [-0.2, -0.15) is 0 Å². The number of rotatable bonds is 1. The minimum Gasteiger partial charge on any atom is -0.479 e. The van der Waals surface area contributed by atoms with Crippen LogP contribution in [0.5, 0.6) is 0 Å². The van der Waals surface area contributed by atoms with Gasteiger partial charge >= 0.3 is 5.97 Å². The van der Waals surface area contributed by atoms with E-state index in [4.69, 9.17) is 9.90 Å². The Balaban J connectivity index is 0.000000171. The van der Waals surface area contributed by atoms with Gasteiger partial charge in [0.15, 0.2) is 6.67 Å². The van der Waals surface area contributed by atoms with Crippen LogP contribution in [0.2, 0.25) is 0 Å². The third-order valence-electron chi connectivity index (χ3n) is 1.80. The molecule has 14 heavy (non-hydrogen) atoms. The summed E-state index contributed by atoms with van der Waals surface area (Å²) in [6, 6.07) is 8.49. The van der Waals surface area contributed by atoms with Crippen LogP contribution in [-0.2, 0) is 11.2 Å². The zero-order valence-corrected chi connectivity index (χ0v) is 7.61. The number of carbonyl (C=O) groups is 1. The van der Waals surface area contributed by atoms with E-state index in [0.29, 0.717) is 0 Å². The zero-order valence-electron chi connectivity index (χ0n) is 7.61. The van der Waals surface area contributed by atoms with E-state index in [0.717, 1.165) is 6.42 Å².